The fraction of sp³-hybridized carbons (Fsp3) is 0.308. The molecule has 0 saturated carbocycles. The number of thioether (sulfide) groups is 1. The molecule has 0 aliphatic heterocycles. The van der Waals surface area contributed by atoms with Crippen LogP contribution in [0, 0.1) is 6.92 Å². The van der Waals surface area contributed by atoms with Crippen LogP contribution in [0.2, 0.25) is 0 Å². The number of hydrogen-bond acceptors (Lipinski definition) is 3. The average Bonchev–Trinajstić information content (AvgIpc) is 2.58. The van der Waals surface area contributed by atoms with E-state index < -0.39 is 0 Å². The van der Waals surface area contributed by atoms with Crippen molar-refractivity contribution < 1.29 is 5.11 Å². The molecule has 2 rings (SSSR count). The Hall–Kier alpha value is -1.42. The molecule has 0 fully saturated rings. The highest BCUT2D eigenvalue weighted by molar-refractivity contribution is 7.99. The quantitative estimate of drug-likeness (QED) is 0.848. The monoisotopic (exact) mass is 248 g/mol. The molecule has 1 aromatic carbocycles. The van der Waals surface area contributed by atoms with E-state index >= 15 is 0 Å². The summed E-state index contributed by atoms with van der Waals surface area (Å²) in [6, 6.07) is 8.11. The van der Waals surface area contributed by atoms with Crippen molar-refractivity contribution in [1.82, 2.24) is 9.78 Å². The van der Waals surface area contributed by atoms with Crippen molar-refractivity contribution in [3.05, 3.63) is 30.0 Å². The molecule has 0 aliphatic rings. The van der Waals surface area contributed by atoms with Crippen molar-refractivity contribution in [2.75, 3.05) is 5.75 Å². The molecular weight excluding hydrogens is 232 g/mol. The van der Waals surface area contributed by atoms with Gasteiger partial charge in [0.05, 0.1) is 5.69 Å². The van der Waals surface area contributed by atoms with Crippen LogP contribution in [0.25, 0.3) is 11.3 Å². The van der Waals surface area contributed by atoms with Crippen LogP contribution in [0.3, 0.4) is 0 Å². The summed E-state index contributed by atoms with van der Waals surface area (Å²) < 4.78 is 1.70. The highest BCUT2D eigenvalue weighted by Crippen LogP contribution is 2.32. The number of rotatable bonds is 3. The topological polar surface area (TPSA) is 38.0 Å². The van der Waals surface area contributed by atoms with Gasteiger partial charge in [-0.3, -0.25) is 4.68 Å². The number of benzene rings is 1. The van der Waals surface area contributed by atoms with E-state index in [1.54, 1.807) is 16.4 Å². The van der Waals surface area contributed by atoms with E-state index in [0.717, 1.165) is 17.0 Å². The van der Waals surface area contributed by atoms with E-state index in [1.807, 2.05) is 26.1 Å². The Morgan fingerprint density at radius 3 is 2.76 bits per heavy atom. The molecule has 1 aromatic heterocycles. The van der Waals surface area contributed by atoms with Gasteiger partial charge >= 0.3 is 0 Å². The zero-order valence-electron chi connectivity index (χ0n) is 10.3. The van der Waals surface area contributed by atoms with Crippen LogP contribution < -0.4 is 0 Å². The first-order valence-corrected chi connectivity index (χ1v) is 6.57. The van der Waals surface area contributed by atoms with Gasteiger partial charge in [-0.2, -0.15) is 5.10 Å². The molecule has 4 heteroatoms. The van der Waals surface area contributed by atoms with Gasteiger partial charge in [0.1, 0.15) is 5.69 Å². The van der Waals surface area contributed by atoms with Crippen LogP contribution in [0.4, 0.5) is 0 Å². The summed E-state index contributed by atoms with van der Waals surface area (Å²) in [7, 11) is 1.84. The van der Waals surface area contributed by atoms with Crippen molar-refractivity contribution in [3.8, 4) is 17.0 Å². The third-order valence-electron chi connectivity index (χ3n) is 2.72. The second-order valence-electron chi connectivity index (χ2n) is 3.87. The smallest absolute Gasteiger partial charge is 0.164 e. The zero-order chi connectivity index (χ0) is 12.4. The molecule has 3 nitrogen and oxygen atoms in total. The normalized spacial score (nSPS) is 10.8. The van der Waals surface area contributed by atoms with Gasteiger partial charge in [0.2, 0.25) is 0 Å². The summed E-state index contributed by atoms with van der Waals surface area (Å²) in [5.74, 6) is 1.31. The molecule has 1 N–H and O–H groups in total. The zero-order valence-corrected chi connectivity index (χ0v) is 11.1. The first-order chi connectivity index (χ1) is 8.13. The van der Waals surface area contributed by atoms with E-state index in [2.05, 4.69) is 24.2 Å². The summed E-state index contributed by atoms with van der Waals surface area (Å²) >= 11 is 1.78. The third kappa shape index (κ3) is 2.31. The van der Waals surface area contributed by atoms with Gasteiger partial charge < -0.3 is 5.11 Å². The second kappa shape index (κ2) is 4.84. The fourth-order valence-electron chi connectivity index (χ4n) is 1.69. The lowest BCUT2D eigenvalue weighted by Gasteiger charge is -2.02. The number of hydrogen-bond donors (Lipinski definition) is 1. The Kier molecular flexibility index (Phi) is 3.43. The molecule has 0 aliphatic carbocycles. The maximum Gasteiger partial charge on any atom is 0.164 e. The lowest BCUT2D eigenvalue weighted by Crippen LogP contribution is -1.92. The number of nitrogens with zero attached hydrogens (tertiary/aromatic N) is 2. The van der Waals surface area contributed by atoms with Crippen LogP contribution in [0.5, 0.6) is 5.75 Å². The number of aryl methyl sites for hydroxylation is 1. The first kappa shape index (κ1) is 12.0. The minimum Gasteiger partial charge on any atom is -0.504 e. The molecular formula is C13H16N2OS. The predicted molar refractivity (Wildman–Crippen MR) is 71.4 cm³/mol. The van der Waals surface area contributed by atoms with E-state index in [9.17, 15) is 5.11 Å². The van der Waals surface area contributed by atoms with Gasteiger partial charge in [-0.25, -0.2) is 0 Å². The van der Waals surface area contributed by atoms with Crippen LogP contribution in [-0.2, 0) is 7.05 Å². The van der Waals surface area contributed by atoms with Gasteiger partial charge in [0.15, 0.2) is 5.75 Å². The van der Waals surface area contributed by atoms with Crippen LogP contribution >= 0.6 is 11.8 Å². The molecule has 0 radical (unpaired) electrons. The largest absolute Gasteiger partial charge is 0.504 e. The molecule has 2 aromatic rings. The summed E-state index contributed by atoms with van der Waals surface area (Å²) in [5, 5.41) is 14.3. The van der Waals surface area contributed by atoms with E-state index in [4.69, 9.17) is 0 Å². The van der Waals surface area contributed by atoms with Gasteiger partial charge in [-0.15, -0.1) is 11.8 Å². The lowest BCUT2D eigenvalue weighted by molar-refractivity contribution is 0.471. The maximum absolute atomic E-state index is 10.0. The Labute approximate surface area is 105 Å². The Bertz CT molecular complexity index is 534. The highest BCUT2D eigenvalue weighted by atomic mass is 32.2. The molecule has 0 saturated heterocycles. The minimum absolute atomic E-state index is 0.270. The van der Waals surface area contributed by atoms with Crippen molar-refractivity contribution in [3.63, 3.8) is 0 Å². The van der Waals surface area contributed by atoms with Crippen molar-refractivity contribution >= 4 is 11.8 Å². The van der Waals surface area contributed by atoms with Crippen molar-refractivity contribution in [2.45, 2.75) is 18.7 Å². The van der Waals surface area contributed by atoms with E-state index in [-0.39, 0.29) is 5.75 Å². The first-order valence-electron chi connectivity index (χ1n) is 5.59. The molecule has 0 unspecified atom stereocenters. The molecule has 17 heavy (non-hydrogen) atoms. The number of aromatic hydroxyl groups is 1. The van der Waals surface area contributed by atoms with Gasteiger partial charge in [-0.05, 0) is 24.8 Å². The highest BCUT2D eigenvalue weighted by Gasteiger charge is 2.13. The van der Waals surface area contributed by atoms with Crippen LogP contribution in [-0.4, -0.2) is 20.6 Å². The second-order valence-corrected chi connectivity index (χ2v) is 5.20. The lowest BCUT2D eigenvalue weighted by atomic mass is 10.1. The van der Waals surface area contributed by atoms with Gasteiger partial charge in [-0.1, -0.05) is 19.1 Å². The molecule has 0 amide bonds. The van der Waals surface area contributed by atoms with Crippen LogP contribution in [0.1, 0.15) is 12.6 Å². The Balaban J connectivity index is 2.45. The molecule has 90 valence electrons. The van der Waals surface area contributed by atoms with Crippen LogP contribution in [0.15, 0.2) is 29.2 Å². The Morgan fingerprint density at radius 1 is 1.41 bits per heavy atom. The summed E-state index contributed by atoms with van der Waals surface area (Å²) in [6.45, 7) is 3.98. The third-order valence-corrected chi connectivity index (χ3v) is 3.60. The average molecular weight is 248 g/mol. The van der Waals surface area contributed by atoms with Gasteiger partial charge in [0, 0.05) is 17.5 Å². The summed E-state index contributed by atoms with van der Waals surface area (Å²) in [5.41, 5.74) is 2.40. The maximum atomic E-state index is 10.0. The van der Waals surface area contributed by atoms with E-state index in [1.165, 1.54) is 4.90 Å². The fourth-order valence-corrected chi connectivity index (χ4v) is 2.41. The van der Waals surface area contributed by atoms with Crippen molar-refractivity contribution in [2.24, 2.45) is 7.05 Å². The SMILES string of the molecule is CCSc1cccc(-c2nn(C)c(C)c2O)c1. The van der Waals surface area contributed by atoms with E-state index in [0.29, 0.717) is 5.69 Å². The molecule has 0 bridgehead atoms. The molecule has 1 heterocycles. The predicted octanol–water partition coefficient (Wildman–Crippen LogP) is 3.21. The standard InChI is InChI=1S/C13H16N2OS/c1-4-17-11-7-5-6-10(8-11)12-13(16)9(2)15(3)14-12/h5-8,16H,4H2,1-3H3. The van der Waals surface area contributed by atoms with Crippen molar-refractivity contribution in [1.29, 1.82) is 0 Å². The number of aromatic nitrogens is 2. The molecule has 0 spiro atoms. The molecule has 0 atom stereocenters. The Morgan fingerprint density at radius 2 is 2.18 bits per heavy atom. The summed E-state index contributed by atoms with van der Waals surface area (Å²) in [6.07, 6.45) is 0. The van der Waals surface area contributed by atoms with Gasteiger partial charge in [0.25, 0.3) is 0 Å². The summed E-state index contributed by atoms with van der Waals surface area (Å²) in [4.78, 5) is 1.20. The minimum atomic E-state index is 0.270.